The Balaban J connectivity index is 0.856. The van der Waals surface area contributed by atoms with Crippen LogP contribution in [0.2, 0.25) is 0 Å². The van der Waals surface area contributed by atoms with Gasteiger partial charge in [-0.25, -0.2) is 28.8 Å². The van der Waals surface area contributed by atoms with Crippen LogP contribution in [0.3, 0.4) is 0 Å². The van der Waals surface area contributed by atoms with Gasteiger partial charge in [-0.05, 0) is 31.1 Å². The lowest BCUT2D eigenvalue weighted by atomic mass is 10.0. The minimum absolute atomic E-state index is 0.0201. The highest BCUT2D eigenvalue weighted by Gasteiger charge is 2.34. The van der Waals surface area contributed by atoms with Crippen molar-refractivity contribution < 1.29 is 97.1 Å². The summed E-state index contributed by atoms with van der Waals surface area (Å²) in [5, 5.41) is 4.52. The van der Waals surface area contributed by atoms with E-state index in [2.05, 4.69) is 25.0 Å². The zero-order valence-corrected chi connectivity index (χ0v) is 43.9. The van der Waals surface area contributed by atoms with Gasteiger partial charge < -0.3 is 63.2 Å². The summed E-state index contributed by atoms with van der Waals surface area (Å²) in [7, 11) is -5.65. The van der Waals surface area contributed by atoms with Crippen molar-refractivity contribution in [2.75, 3.05) is 157 Å². The number of carbonyl (C=O) groups is 2. The molecule has 1 aliphatic heterocycles. The molecule has 0 bridgehead atoms. The van der Waals surface area contributed by atoms with Gasteiger partial charge in [0.1, 0.15) is 5.84 Å². The van der Waals surface area contributed by atoms with Crippen LogP contribution in [0.1, 0.15) is 38.7 Å². The van der Waals surface area contributed by atoms with Crippen molar-refractivity contribution in [1.82, 2.24) is 15.0 Å². The molecule has 0 aliphatic carbocycles. The maximum absolute atomic E-state index is 14.0. The number of halogens is 4. The van der Waals surface area contributed by atoms with E-state index in [1.807, 2.05) is 38.1 Å². The molecule has 77 heavy (non-hydrogen) atoms. The van der Waals surface area contributed by atoms with Crippen molar-refractivity contribution in [1.29, 1.82) is 0 Å². The molecule has 0 unspecified atom stereocenters. The number of hydrogen-bond donors (Lipinski definition) is 3. The van der Waals surface area contributed by atoms with Crippen molar-refractivity contribution in [2.24, 2.45) is 10.7 Å². The third kappa shape index (κ3) is 24.1. The molecule has 0 radical (unpaired) electrons. The maximum Gasteiger partial charge on any atom is 0.313 e. The number of ether oxygens (including phenoxy) is 11. The van der Waals surface area contributed by atoms with Crippen LogP contribution in [0.15, 0.2) is 46.1 Å². The third-order valence-corrected chi connectivity index (χ3v) is 11.1. The number of nitrogens with one attached hydrogen (secondary N) is 1. The first-order valence-corrected chi connectivity index (χ1v) is 26.2. The van der Waals surface area contributed by atoms with Crippen molar-refractivity contribution in [3.05, 3.63) is 65.0 Å². The number of hydroxylamine groups is 2. The average molecular weight is 1120 g/mol. The molecule has 28 heteroatoms. The first-order valence-electron chi connectivity index (χ1n) is 24.7. The quantitative estimate of drug-likeness (QED) is 0.0134. The highest BCUT2D eigenvalue weighted by atomic mass is 32.2. The number of rotatable bonds is 42. The molecule has 3 aromatic rings. The first-order chi connectivity index (χ1) is 37.2. The van der Waals surface area contributed by atoms with Crippen LogP contribution in [0.5, 0.6) is 5.75 Å². The van der Waals surface area contributed by atoms with Gasteiger partial charge in [-0.3, -0.25) is 19.0 Å². The van der Waals surface area contributed by atoms with Gasteiger partial charge in [0.05, 0.1) is 151 Å². The number of nitrogens with two attached hydrogens (primary N) is 1. The molecule has 23 nitrogen and oxygen atoms in total. The molecular weight excluding hydrogens is 1050 g/mol. The summed E-state index contributed by atoms with van der Waals surface area (Å²) in [4.78, 5) is 41.8. The lowest BCUT2D eigenvalue weighted by molar-refractivity contribution is -0.180. The summed E-state index contributed by atoms with van der Waals surface area (Å²) in [5.41, 5.74) is 9.82. The van der Waals surface area contributed by atoms with E-state index in [1.54, 1.807) is 12.4 Å². The molecule has 0 saturated carbocycles. The molecule has 1 amide bonds. The van der Waals surface area contributed by atoms with Gasteiger partial charge >= 0.3 is 16.1 Å². The Kier molecular flexibility index (Phi) is 30.6. The summed E-state index contributed by atoms with van der Waals surface area (Å²) in [6.07, 6.45) is 5.67. The molecule has 1 aromatic heterocycles. The van der Waals surface area contributed by atoms with Gasteiger partial charge in [0.25, 0.3) is 5.91 Å². The fraction of sp³-hybridized carbons (Fsp3) is 0.571. The smallest absolute Gasteiger partial charge is 0.313 e. The Hall–Kier alpha value is -5.34. The Morgan fingerprint density at radius 1 is 0.662 bits per heavy atom. The highest BCUT2D eigenvalue weighted by Crippen LogP contribution is 2.34. The van der Waals surface area contributed by atoms with Crippen LogP contribution < -0.4 is 15.8 Å². The van der Waals surface area contributed by atoms with E-state index in [0.29, 0.717) is 142 Å². The number of fused-ring (bicyclic) bond motifs is 1. The fourth-order valence-corrected chi connectivity index (χ4v) is 7.20. The number of benzene rings is 2. The first kappa shape index (κ1) is 64.2. The number of amides is 1. The lowest BCUT2D eigenvalue weighted by Gasteiger charge is -2.21. The summed E-state index contributed by atoms with van der Waals surface area (Å²) in [6.45, 7) is 11.5. The van der Waals surface area contributed by atoms with Crippen molar-refractivity contribution in [3.63, 3.8) is 0 Å². The maximum atomic E-state index is 14.0. The predicted octanol–water partition coefficient (Wildman–Crippen LogP) is 4.49. The number of aliphatic imine (C=N–C) groups is 1. The normalized spacial score (nSPS) is 12.5. The van der Waals surface area contributed by atoms with Crippen molar-refractivity contribution >= 4 is 45.5 Å². The van der Waals surface area contributed by atoms with Crippen LogP contribution in [0, 0.1) is 23.3 Å². The van der Waals surface area contributed by atoms with E-state index in [0.717, 1.165) is 23.1 Å². The van der Waals surface area contributed by atoms with Gasteiger partial charge in [-0.15, -0.1) is 0 Å². The van der Waals surface area contributed by atoms with Crippen LogP contribution in [0.4, 0.5) is 29.2 Å². The second-order valence-corrected chi connectivity index (χ2v) is 17.4. The Morgan fingerprint density at radius 2 is 1.12 bits per heavy atom. The van der Waals surface area contributed by atoms with Gasteiger partial charge in [0.2, 0.25) is 23.3 Å². The SMILES string of the molecule is CCCN(OCC)C(=O)C1=Cc2ccc(-c3cnc(NCCOCCOCCOCCOCCOCCOCCOCCOCCOCCOCCC(=O)Oc4c(F)c(F)c(S(=O)(=O)O)c(F)c4F)nc3)cc2N=C(N)C1. The topological polar surface area (TPSA) is 279 Å². The molecule has 2 heterocycles. The molecule has 0 saturated heterocycles. The largest absolute Gasteiger partial charge is 0.420 e. The van der Waals surface area contributed by atoms with Gasteiger partial charge in [-0.2, -0.15) is 17.2 Å². The van der Waals surface area contributed by atoms with E-state index in [-0.39, 0.29) is 45.4 Å². The molecule has 0 spiro atoms. The Morgan fingerprint density at radius 3 is 1.56 bits per heavy atom. The Labute approximate surface area is 444 Å². The van der Waals surface area contributed by atoms with E-state index < -0.39 is 56.4 Å². The number of aromatic nitrogens is 2. The van der Waals surface area contributed by atoms with Gasteiger partial charge in [0.15, 0.2) is 16.5 Å². The molecule has 4 N–H and O–H groups in total. The molecular formula is C49H68F4N6O17S. The zero-order valence-electron chi connectivity index (χ0n) is 43.1. The van der Waals surface area contributed by atoms with E-state index >= 15 is 0 Å². The number of anilines is 1. The number of nitrogens with zero attached hydrogens (tertiary/aromatic N) is 4. The number of hydrogen-bond acceptors (Lipinski definition) is 21. The molecule has 4 rings (SSSR count). The monoisotopic (exact) mass is 1120 g/mol. The van der Waals surface area contributed by atoms with Crippen molar-refractivity contribution in [3.8, 4) is 16.9 Å². The van der Waals surface area contributed by atoms with Crippen LogP contribution in [-0.2, 0) is 71.9 Å². The van der Waals surface area contributed by atoms with Gasteiger partial charge in [0, 0.05) is 48.6 Å². The third-order valence-electron chi connectivity index (χ3n) is 10.2. The average Bonchev–Trinajstić information content (AvgIpc) is 3.59. The minimum atomic E-state index is -5.65. The fourth-order valence-electron chi connectivity index (χ4n) is 6.56. The number of amidine groups is 1. The number of esters is 1. The number of carbonyl (C=O) groups excluding carboxylic acids is 2. The van der Waals surface area contributed by atoms with Gasteiger partial charge in [-0.1, -0.05) is 19.1 Å². The van der Waals surface area contributed by atoms with Crippen LogP contribution in [0.25, 0.3) is 17.2 Å². The summed E-state index contributed by atoms with van der Waals surface area (Å²) in [5.74, 6) is -12.1. The second kappa shape index (κ2) is 36.7. The summed E-state index contributed by atoms with van der Waals surface area (Å²) < 4.78 is 145. The second-order valence-electron chi connectivity index (χ2n) is 16.0. The standard InChI is InChI=1S/C49H68F4N6O17S/c1-3-9-59(75-4-2)48(61)37-30-36-6-5-35(31-39(36)58-40(54)32-37)38-33-56-49(57-34-38)55-8-11-66-13-15-68-17-19-70-21-23-72-25-27-74-29-28-73-26-24-71-22-20-69-18-16-67-14-12-65-10-7-41(60)76-46-42(50)44(52)47(77(62,63)64)45(53)43(46)51/h5-6,30-31,33-34H,3-4,7-29,32H2,1-2H3,(H2,54,58)(H,55,56,57)(H,62,63,64). The molecule has 430 valence electrons. The van der Waals surface area contributed by atoms with E-state index in [4.69, 9.17) is 62.5 Å². The predicted molar refractivity (Wildman–Crippen MR) is 268 cm³/mol. The summed E-state index contributed by atoms with van der Waals surface area (Å²) >= 11 is 0. The lowest BCUT2D eigenvalue weighted by Crippen LogP contribution is -2.34. The Bertz CT molecular complexity index is 2390. The molecule has 2 aromatic carbocycles. The van der Waals surface area contributed by atoms with Crippen molar-refractivity contribution in [2.45, 2.75) is 38.0 Å². The van der Waals surface area contributed by atoms with E-state index in [1.165, 1.54) is 5.06 Å². The van der Waals surface area contributed by atoms with Crippen LogP contribution in [-0.4, -0.2) is 198 Å². The minimum Gasteiger partial charge on any atom is -0.420 e. The highest BCUT2D eigenvalue weighted by molar-refractivity contribution is 7.85. The zero-order chi connectivity index (χ0) is 55.7. The molecule has 0 atom stereocenters. The van der Waals surface area contributed by atoms with E-state index in [9.17, 15) is 35.6 Å². The summed E-state index contributed by atoms with van der Waals surface area (Å²) in [6, 6.07) is 5.73. The van der Waals surface area contributed by atoms with Crippen LogP contribution >= 0.6 is 0 Å². The molecule has 0 fully saturated rings. The molecule has 1 aliphatic rings.